The Kier molecular flexibility index (Phi) is 5.88. The minimum atomic E-state index is -0.805. The van der Waals surface area contributed by atoms with Crippen LogP contribution in [-0.4, -0.2) is 72.6 Å². The molecule has 2 aliphatic rings. The highest BCUT2D eigenvalue weighted by molar-refractivity contribution is 6.01. The average Bonchev–Trinajstić information content (AvgIpc) is 2.60. The molecule has 8 heteroatoms. The molecule has 2 saturated heterocycles. The van der Waals surface area contributed by atoms with Crippen molar-refractivity contribution in [3.05, 3.63) is 24.3 Å². The van der Waals surface area contributed by atoms with Crippen LogP contribution in [0.3, 0.4) is 0 Å². The van der Waals surface area contributed by atoms with Crippen LogP contribution in [0.1, 0.15) is 26.7 Å². The lowest BCUT2D eigenvalue weighted by Crippen LogP contribution is -2.57. The van der Waals surface area contributed by atoms with E-state index in [0.717, 1.165) is 11.4 Å². The van der Waals surface area contributed by atoms with Crippen molar-refractivity contribution in [2.75, 3.05) is 36.5 Å². The van der Waals surface area contributed by atoms with Crippen LogP contribution in [0.5, 0.6) is 0 Å². The number of rotatable bonds is 5. The number of carboxylic acid groups (broad SMARTS) is 1. The maximum atomic E-state index is 12.2. The van der Waals surface area contributed by atoms with Crippen LogP contribution in [0.2, 0.25) is 0 Å². The van der Waals surface area contributed by atoms with Gasteiger partial charge in [0.25, 0.3) is 0 Å². The van der Waals surface area contributed by atoms with Gasteiger partial charge in [0.2, 0.25) is 11.8 Å². The first-order valence-corrected chi connectivity index (χ1v) is 9.65. The fraction of sp³-hybridized carbons (Fsp3) is 0.550. The monoisotopic (exact) mass is 388 g/mol. The second-order valence-electron chi connectivity index (χ2n) is 7.79. The molecule has 0 radical (unpaired) electrons. The molecule has 8 nitrogen and oxygen atoms in total. The quantitative estimate of drug-likeness (QED) is 0.724. The predicted molar refractivity (Wildman–Crippen MR) is 106 cm³/mol. The number of carbonyl (C=O) groups is 3. The Bertz CT molecular complexity index is 756. The van der Waals surface area contributed by atoms with Crippen LogP contribution < -0.4 is 15.1 Å². The van der Waals surface area contributed by atoms with Crippen LogP contribution >= 0.6 is 0 Å². The molecule has 0 aromatic heterocycles. The van der Waals surface area contributed by atoms with Crippen LogP contribution in [0.15, 0.2) is 24.3 Å². The lowest BCUT2D eigenvalue weighted by molar-refractivity contribution is -0.138. The van der Waals surface area contributed by atoms with Crippen molar-refractivity contribution < 1.29 is 19.5 Å². The van der Waals surface area contributed by atoms with Gasteiger partial charge in [-0.2, -0.15) is 0 Å². The number of piperazine rings is 1. The molecule has 2 heterocycles. The maximum Gasteiger partial charge on any atom is 0.317 e. The molecule has 3 atom stereocenters. The Morgan fingerprint density at radius 2 is 1.93 bits per heavy atom. The van der Waals surface area contributed by atoms with Crippen LogP contribution in [-0.2, 0) is 14.4 Å². The van der Waals surface area contributed by atoms with Gasteiger partial charge in [0, 0.05) is 50.0 Å². The summed E-state index contributed by atoms with van der Waals surface area (Å²) in [6, 6.07) is 8.00. The van der Waals surface area contributed by atoms with E-state index in [1.54, 1.807) is 0 Å². The third kappa shape index (κ3) is 4.27. The number of benzene rings is 1. The number of imide groups is 1. The SMILES string of the molecule is C[C@@H]1CN(CC(=O)O)C[C@H](C)N1c1cccc(N(C)[C@H]2CCC(=O)NC2=O)c1. The number of hydrogen-bond acceptors (Lipinski definition) is 6. The van der Waals surface area contributed by atoms with Crippen molar-refractivity contribution in [1.29, 1.82) is 0 Å². The Hall–Kier alpha value is -2.61. The standard InChI is InChI=1S/C20H28N4O4/c1-13-10-23(12-19(26)27)11-14(2)24(13)16-6-4-5-15(9-16)22(3)17-7-8-18(25)21-20(17)28/h4-6,9,13-14,17H,7-8,10-12H2,1-3H3,(H,26,27)(H,21,25,28)/t13-,14+,17-/m0/s1. The number of nitrogens with one attached hydrogen (secondary N) is 1. The summed E-state index contributed by atoms with van der Waals surface area (Å²) in [7, 11) is 1.87. The smallest absolute Gasteiger partial charge is 0.317 e. The second kappa shape index (κ2) is 8.18. The largest absolute Gasteiger partial charge is 0.480 e. The lowest BCUT2D eigenvalue weighted by atomic mass is 10.0. The molecule has 0 bridgehead atoms. The molecule has 2 aliphatic heterocycles. The molecule has 0 unspecified atom stereocenters. The zero-order valence-electron chi connectivity index (χ0n) is 16.6. The first-order valence-electron chi connectivity index (χ1n) is 9.65. The molecule has 1 aromatic carbocycles. The highest BCUT2D eigenvalue weighted by atomic mass is 16.4. The van der Waals surface area contributed by atoms with E-state index in [-0.39, 0.29) is 36.5 Å². The fourth-order valence-corrected chi connectivity index (χ4v) is 4.37. The van der Waals surface area contributed by atoms with E-state index in [2.05, 4.69) is 30.1 Å². The Labute approximate surface area is 165 Å². The first-order chi connectivity index (χ1) is 13.3. The zero-order valence-corrected chi connectivity index (χ0v) is 16.6. The van der Waals surface area contributed by atoms with Gasteiger partial charge in [0.1, 0.15) is 6.04 Å². The molecule has 0 saturated carbocycles. The number of carboxylic acids is 1. The summed E-state index contributed by atoms with van der Waals surface area (Å²) in [6.07, 6.45) is 0.853. The minimum Gasteiger partial charge on any atom is -0.480 e. The molecule has 28 heavy (non-hydrogen) atoms. The summed E-state index contributed by atoms with van der Waals surface area (Å²) >= 11 is 0. The number of piperidine rings is 1. The highest BCUT2D eigenvalue weighted by Gasteiger charge is 2.32. The number of aliphatic carboxylic acids is 1. The third-order valence-electron chi connectivity index (χ3n) is 5.57. The van der Waals surface area contributed by atoms with Crippen molar-refractivity contribution in [2.24, 2.45) is 0 Å². The third-order valence-corrected chi connectivity index (χ3v) is 5.57. The zero-order chi connectivity index (χ0) is 20.4. The molecule has 3 rings (SSSR count). The summed E-state index contributed by atoms with van der Waals surface area (Å²) in [5.41, 5.74) is 1.96. The number of likely N-dealkylation sites (N-methyl/N-ethyl adjacent to an activating group) is 1. The Balaban J connectivity index is 1.76. The fourth-order valence-electron chi connectivity index (χ4n) is 4.37. The van der Waals surface area contributed by atoms with Gasteiger partial charge >= 0.3 is 5.97 Å². The number of nitrogens with zero attached hydrogens (tertiary/aromatic N) is 3. The molecule has 2 amide bonds. The summed E-state index contributed by atoms with van der Waals surface area (Å²) in [4.78, 5) is 40.8. The van der Waals surface area contributed by atoms with Gasteiger partial charge in [-0.3, -0.25) is 24.6 Å². The summed E-state index contributed by atoms with van der Waals surface area (Å²) in [5, 5.41) is 11.5. The van der Waals surface area contributed by atoms with Gasteiger partial charge in [-0.1, -0.05) is 6.07 Å². The Morgan fingerprint density at radius 1 is 1.25 bits per heavy atom. The number of carbonyl (C=O) groups excluding carboxylic acids is 2. The minimum absolute atomic E-state index is 0.0564. The van der Waals surface area contributed by atoms with E-state index in [1.807, 2.05) is 35.0 Å². The van der Waals surface area contributed by atoms with E-state index in [1.165, 1.54) is 0 Å². The van der Waals surface area contributed by atoms with E-state index in [9.17, 15) is 14.4 Å². The maximum absolute atomic E-state index is 12.2. The van der Waals surface area contributed by atoms with Crippen molar-refractivity contribution in [3.63, 3.8) is 0 Å². The van der Waals surface area contributed by atoms with Crippen molar-refractivity contribution in [3.8, 4) is 0 Å². The van der Waals surface area contributed by atoms with Crippen LogP contribution in [0, 0.1) is 0 Å². The van der Waals surface area contributed by atoms with Crippen molar-refractivity contribution in [2.45, 2.75) is 44.8 Å². The molecule has 1 aromatic rings. The summed E-state index contributed by atoms with van der Waals surface area (Å²) in [5.74, 6) is -1.28. The van der Waals surface area contributed by atoms with E-state index in [4.69, 9.17) is 5.11 Å². The molecule has 0 aliphatic carbocycles. The normalized spacial score (nSPS) is 26.1. The van der Waals surface area contributed by atoms with Gasteiger partial charge < -0.3 is 14.9 Å². The first kappa shape index (κ1) is 20.1. The topological polar surface area (TPSA) is 93.2 Å². The molecular formula is C20H28N4O4. The van der Waals surface area contributed by atoms with Crippen LogP contribution in [0.4, 0.5) is 11.4 Å². The van der Waals surface area contributed by atoms with Crippen molar-refractivity contribution in [1.82, 2.24) is 10.2 Å². The average molecular weight is 388 g/mol. The Morgan fingerprint density at radius 3 is 2.54 bits per heavy atom. The van der Waals surface area contributed by atoms with E-state index < -0.39 is 5.97 Å². The van der Waals surface area contributed by atoms with Crippen molar-refractivity contribution >= 4 is 29.2 Å². The molecule has 2 fully saturated rings. The lowest BCUT2D eigenvalue weighted by Gasteiger charge is -2.45. The molecule has 0 spiro atoms. The second-order valence-corrected chi connectivity index (χ2v) is 7.79. The van der Waals surface area contributed by atoms with Gasteiger partial charge in [0.15, 0.2) is 0 Å². The number of anilines is 2. The highest BCUT2D eigenvalue weighted by Crippen LogP contribution is 2.29. The van der Waals surface area contributed by atoms with Gasteiger partial charge in [0.05, 0.1) is 6.54 Å². The number of hydrogen-bond donors (Lipinski definition) is 2. The summed E-state index contributed by atoms with van der Waals surface area (Å²) < 4.78 is 0. The number of amides is 2. The van der Waals surface area contributed by atoms with E-state index in [0.29, 0.717) is 25.9 Å². The summed E-state index contributed by atoms with van der Waals surface area (Å²) in [6.45, 7) is 5.62. The van der Waals surface area contributed by atoms with E-state index >= 15 is 0 Å². The van der Waals surface area contributed by atoms with Crippen LogP contribution in [0.25, 0.3) is 0 Å². The molecule has 152 valence electrons. The van der Waals surface area contributed by atoms with Gasteiger partial charge in [-0.05, 0) is 38.5 Å². The predicted octanol–water partition coefficient (Wildman–Crippen LogP) is 0.912. The van der Waals surface area contributed by atoms with Gasteiger partial charge in [-0.15, -0.1) is 0 Å². The van der Waals surface area contributed by atoms with Gasteiger partial charge in [-0.25, -0.2) is 0 Å². The molecular weight excluding hydrogens is 360 g/mol. The molecule has 2 N–H and O–H groups in total.